The van der Waals surface area contributed by atoms with Crippen molar-refractivity contribution in [3.63, 3.8) is 0 Å². The second-order valence-corrected chi connectivity index (χ2v) is 7.59. The molecule has 128 valence electrons. The number of aromatic nitrogens is 1. The van der Waals surface area contributed by atoms with Gasteiger partial charge in [-0.1, -0.05) is 13.8 Å². The van der Waals surface area contributed by atoms with Crippen molar-refractivity contribution in [1.29, 1.82) is 0 Å². The van der Waals surface area contributed by atoms with Gasteiger partial charge in [-0.15, -0.1) is 0 Å². The highest BCUT2D eigenvalue weighted by Crippen LogP contribution is 2.24. The van der Waals surface area contributed by atoms with Crippen LogP contribution in [0.5, 0.6) is 0 Å². The van der Waals surface area contributed by atoms with E-state index in [4.69, 9.17) is 0 Å². The van der Waals surface area contributed by atoms with Crippen LogP contribution in [-0.4, -0.2) is 33.7 Å². The lowest BCUT2D eigenvalue weighted by Gasteiger charge is -2.34. The predicted octanol–water partition coefficient (Wildman–Crippen LogP) is 3.66. The van der Waals surface area contributed by atoms with E-state index in [1.807, 2.05) is 18.2 Å². The van der Waals surface area contributed by atoms with Gasteiger partial charge in [-0.25, -0.2) is 0 Å². The monoisotopic (exact) mass is 345 g/mol. The van der Waals surface area contributed by atoms with Crippen molar-refractivity contribution in [2.24, 2.45) is 5.92 Å². The van der Waals surface area contributed by atoms with E-state index in [0.717, 1.165) is 28.6 Å². The average Bonchev–Trinajstić information content (AvgIpc) is 3.01. The number of hydrogen-bond acceptors (Lipinski definition) is 4. The Bertz CT molecular complexity index is 741. The fraction of sp³-hybridized carbons (Fsp3) is 0.500. The minimum absolute atomic E-state index is 0.0958. The highest BCUT2D eigenvalue weighted by Gasteiger charge is 2.31. The van der Waals surface area contributed by atoms with Crippen molar-refractivity contribution >= 4 is 39.1 Å². The summed E-state index contributed by atoms with van der Waals surface area (Å²) >= 11 is 1.44. The first-order valence-electron chi connectivity index (χ1n) is 8.49. The van der Waals surface area contributed by atoms with Gasteiger partial charge in [-0.2, -0.15) is 4.37 Å². The lowest BCUT2D eigenvalue weighted by molar-refractivity contribution is -0.141. The molecule has 2 aromatic rings. The van der Waals surface area contributed by atoms with Gasteiger partial charge >= 0.3 is 0 Å². The summed E-state index contributed by atoms with van der Waals surface area (Å²) in [6, 6.07) is 5.39. The summed E-state index contributed by atoms with van der Waals surface area (Å²) in [5, 5.41) is 4.01. The van der Waals surface area contributed by atoms with Crippen LogP contribution in [-0.2, 0) is 9.59 Å². The molecule has 2 heterocycles. The molecule has 1 aromatic heterocycles. The first kappa shape index (κ1) is 16.9. The summed E-state index contributed by atoms with van der Waals surface area (Å²) in [5.41, 5.74) is 0.755. The van der Waals surface area contributed by atoms with Gasteiger partial charge in [-0.05, 0) is 54.9 Å². The van der Waals surface area contributed by atoms with Crippen LogP contribution < -0.4 is 5.32 Å². The highest BCUT2D eigenvalue weighted by atomic mass is 32.1. The van der Waals surface area contributed by atoms with Crippen LogP contribution >= 0.6 is 11.5 Å². The summed E-state index contributed by atoms with van der Waals surface area (Å²) in [6.07, 6.45) is 4.93. The quantitative estimate of drug-likeness (QED) is 0.899. The zero-order chi connectivity index (χ0) is 17.1. The van der Waals surface area contributed by atoms with Crippen molar-refractivity contribution in [3.05, 3.63) is 24.4 Å². The molecule has 0 radical (unpaired) electrons. The Morgan fingerprint density at radius 3 is 2.96 bits per heavy atom. The van der Waals surface area contributed by atoms with Crippen LogP contribution in [0.4, 0.5) is 5.69 Å². The van der Waals surface area contributed by atoms with Gasteiger partial charge in [0.1, 0.15) is 6.04 Å². The van der Waals surface area contributed by atoms with Crippen molar-refractivity contribution in [2.45, 2.75) is 45.6 Å². The van der Waals surface area contributed by atoms with E-state index < -0.39 is 6.04 Å². The van der Waals surface area contributed by atoms with Crippen LogP contribution in [0.25, 0.3) is 10.1 Å². The molecule has 0 bridgehead atoms. The molecule has 1 saturated heterocycles. The van der Waals surface area contributed by atoms with Gasteiger partial charge in [0.2, 0.25) is 11.8 Å². The van der Waals surface area contributed by atoms with Gasteiger partial charge in [0, 0.05) is 30.2 Å². The Morgan fingerprint density at radius 2 is 2.21 bits per heavy atom. The van der Waals surface area contributed by atoms with Crippen LogP contribution in [0.3, 0.4) is 0 Å². The number of likely N-dealkylation sites (tertiary alicyclic amines) is 1. The Hall–Kier alpha value is -1.95. The summed E-state index contributed by atoms with van der Waals surface area (Å²) < 4.78 is 5.25. The summed E-state index contributed by atoms with van der Waals surface area (Å²) in [7, 11) is 0. The Morgan fingerprint density at radius 1 is 1.38 bits per heavy atom. The first-order chi connectivity index (χ1) is 11.5. The molecule has 1 N–H and O–H groups in total. The van der Waals surface area contributed by atoms with E-state index in [9.17, 15) is 9.59 Å². The minimum Gasteiger partial charge on any atom is -0.331 e. The van der Waals surface area contributed by atoms with Gasteiger partial charge in [0.25, 0.3) is 0 Å². The SMILES string of the molecule is CC(C)C[C@H](C(=O)Nc1ccc2sncc2c1)N1CCCCC1=O. The topological polar surface area (TPSA) is 62.3 Å². The second kappa shape index (κ2) is 7.30. The normalized spacial score (nSPS) is 16.6. The van der Waals surface area contributed by atoms with E-state index >= 15 is 0 Å². The molecule has 1 atom stereocenters. The second-order valence-electron chi connectivity index (χ2n) is 6.76. The number of carbonyl (C=O) groups excluding carboxylic acids is 2. The van der Waals surface area contributed by atoms with Gasteiger partial charge in [0.15, 0.2) is 0 Å². The third-order valence-electron chi connectivity index (χ3n) is 4.35. The lowest BCUT2D eigenvalue weighted by atomic mass is 9.98. The molecule has 24 heavy (non-hydrogen) atoms. The molecule has 2 amide bonds. The average molecular weight is 345 g/mol. The summed E-state index contributed by atoms with van der Waals surface area (Å²) in [4.78, 5) is 26.9. The number of anilines is 1. The summed E-state index contributed by atoms with van der Waals surface area (Å²) in [5.74, 6) is 0.347. The van der Waals surface area contributed by atoms with E-state index in [0.29, 0.717) is 25.3 Å². The van der Waals surface area contributed by atoms with E-state index in [1.54, 1.807) is 11.1 Å². The van der Waals surface area contributed by atoms with Gasteiger partial charge < -0.3 is 10.2 Å². The Labute approximate surface area is 146 Å². The predicted molar refractivity (Wildman–Crippen MR) is 97.1 cm³/mol. The molecule has 0 saturated carbocycles. The maximum Gasteiger partial charge on any atom is 0.247 e. The van der Waals surface area contributed by atoms with Crippen molar-refractivity contribution < 1.29 is 9.59 Å². The molecule has 1 aliphatic heterocycles. The number of carbonyl (C=O) groups is 2. The number of nitrogens with zero attached hydrogens (tertiary/aromatic N) is 2. The van der Waals surface area contributed by atoms with E-state index in [2.05, 4.69) is 23.5 Å². The van der Waals surface area contributed by atoms with Crippen LogP contribution in [0.15, 0.2) is 24.4 Å². The first-order valence-corrected chi connectivity index (χ1v) is 9.26. The molecule has 0 spiro atoms. The largest absolute Gasteiger partial charge is 0.331 e. The highest BCUT2D eigenvalue weighted by molar-refractivity contribution is 7.13. The van der Waals surface area contributed by atoms with Crippen LogP contribution in [0.2, 0.25) is 0 Å². The van der Waals surface area contributed by atoms with E-state index in [-0.39, 0.29) is 11.8 Å². The molecule has 1 aromatic carbocycles. The van der Waals surface area contributed by atoms with Crippen molar-refractivity contribution in [3.8, 4) is 0 Å². The number of nitrogens with one attached hydrogen (secondary N) is 1. The van der Waals surface area contributed by atoms with Crippen molar-refractivity contribution in [2.75, 3.05) is 11.9 Å². The molecular formula is C18H23N3O2S. The minimum atomic E-state index is -0.394. The third kappa shape index (κ3) is 3.75. The number of amides is 2. The van der Waals surface area contributed by atoms with Crippen LogP contribution in [0, 0.1) is 5.92 Å². The van der Waals surface area contributed by atoms with Crippen LogP contribution in [0.1, 0.15) is 39.5 Å². The summed E-state index contributed by atoms with van der Waals surface area (Å²) in [6.45, 7) is 4.84. The van der Waals surface area contributed by atoms with E-state index in [1.165, 1.54) is 11.5 Å². The zero-order valence-corrected chi connectivity index (χ0v) is 14.9. The number of fused-ring (bicyclic) bond motifs is 1. The molecule has 1 fully saturated rings. The molecular weight excluding hydrogens is 322 g/mol. The number of piperidine rings is 1. The smallest absolute Gasteiger partial charge is 0.247 e. The maximum absolute atomic E-state index is 12.8. The number of benzene rings is 1. The van der Waals surface area contributed by atoms with Gasteiger partial charge in [-0.3, -0.25) is 9.59 Å². The molecule has 1 aliphatic rings. The molecule has 6 heteroatoms. The maximum atomic E-state index is 12.8. The molecule has 0 unspecified atom stereocenters. The standard InChI is InChI=1S/C18H23N3O2S/c1-12(2)9-15(21-8-4-3-5-17(21)22)18(23)20-14-6-7-16-13(10-14)11-19-24-16/h6-7,10-12,15H,3-5,8-9H2,1-2H3,(H,20,23)/t15-/m1/s1. The fourth-order valence-corrected chi connectivity index (χ4v) is 3.78. The Balaban J connectivity index is 1.78. The third-order valence-corrected chi connectivity index (χ3v) is 5.13. The number of rotatable bonds is 5. The lowest BCUT2D eigenvalue weighted by Crippen LogP contribution is -2.49. The molecule has 0 aliphatic carbocycles. The fourth-order valence-electron chi connectivity index (χ4n) is 3.15. The zero-order valence-electron chi connectivity index (χ0n) is 14.1. The molecule has 3 rings (SSSR count). The Kier molecular flexibility index (Phi) is 5.14. The van der Waals surface area contributed by atoms with Crippen molar-refractivity contribution in [1.82, 2.24) is 9.27 Å². The van der Waals surface area contributed by atoms with Gasteiger partial charge in [0.05, 0.1) is 4.70 Å². The number of hydrogen-bond donors (Lipinski definition) is 1. The molecule has 5 nitrogen and oxygen atoms in total.